The van der Waals surface area contributed by atoms with Crippen LogP contribution in [0.2, 0.25) is 5.02 Å². The van der Waals surface area contributed by atoms with E-state index >= 15 is 0 Å². The Labute approximate surface area is 142 Å². The standard InChI is InChI=1S/C14H17ClINO4/c1-14(2,3)21-13(19)17-7-9-10(15)5-8(6-11(9)16)12(18)20-4/h5-6H,7H2,1-4H3,(H,17,19). The van der Waals surface area contributed by atoms with Crippen molar-refractivity contribution < 1.29 is 19.1 Å². The largest absolute Gasteiger partial charge is 0.465 e. The van der Waals surface area contributed by atoms with E-state index in [0.29, 0.717) is 10.6 Å². The molecule has 0 saturated heterocycles. The van der Waals surface area contributed by atoms with Crippen molar-refractivity contribution in [1.82, 2.24) is 5.32 Å². The van der Waals surface area contributed by atoms with Crippen molar-refractivity contribution in [2.75, 3.05) is 7.11 Å². The van der Waals surface area contributed by atoms with E-state index in [2.05, 4.69) is 32.6 Å². The van der Waals surface area contributed by atoms with Crippen LogP contribution in [-0.4, -0.2) is 24.8 Å². The minimum atomic E-state index is -0.560. The monoisotopic (exact) mass is 425 g/mol. The molecule has 116 valence electrons. The van der Waals surface area contributed by atoms with Crippen LogP contribution in [0.25, 0.3) is 0 Å². The van der Waals surface area contributed by atoms with Gasteiger partial charge in [-0.05, 0) is 55.5 Å². The van der Waals surface area contributed by atoms with Crippen molar-refractivity contribution in [3.63, 3.8) is 0 Å². The summed E-state index contributed by atoms with van der Waals surface area (Å²) in [6.07, 6.45) is -0.522. The van der Waals surface area contributed by atoms with Crippen molar-refractivity contribution in [3.8, 4) is 0 Å². The van der Waals surface area contributed by atoms with Gasteiger partial charge in [0.1, 0.15) is 5.60 Å². The van der Waals surface area contributed by atoms with Crippen LogP contribution >= 0.6 is 34.2 Å². The molecule has 1 amide bonds. The third-order valence-electron chi connectivity index (χ3n) is 2.37. The maximum absolute atomic E-state index is 11.6. The van der Waals surface area contributed by atoms with Gasteiger partial charge in [0, 0.05) is 20.7 Å². The number of benzene rings is 1. The fourth-order valence-electron chi connectivity index (χ4n) is 1.48. The predicted molar refractivity (Wildman–Crippen MR) is 88.6 cm³/mol. The number of hydrogen-bond donors (Lipinski definition) is 1. The molecule has 0 atom stereocenters. The zero-order valence-electron chi connectivity index (χ0n) is 12.3. The number of esters is 1. The van der Waals surface area contributed by atoms with Crippen LogP contribution in [0.15, 0.2) is 12.1 Å². The third-order valence-corrected chi connectivity index (χ3v) is 3.67. The van der Waals surface area contributed by atoms with Gasteiger partial charge in [0.15, 0.2) is 0 Å². The Hall–Kier alpha value is -1.02. The van der Waals surface area contributed by atoms with Crippen LogP contribution in [0.3, 0.4) is 0 Å². The number of methoxy groups -OCH3 is 1. The van der Waals surface area contributed by atoms with Crippen LogP contribution in [0.5, 0.6) is 0 Å². The molecule has 0 radical (unpaired) electrons. The molecular formula is C14H17ClINO4. The Kier molecular flexibility index (Phi) is 6.27. The average molecular weight is 426 g/mol. The van der Waals surface area contributed by atoms with Gasteiger partial charge < -0.3 is 14.8 Å². The quantitative estimate of drug-likeness (QED) is 0.592. The van der Waals surface area contributed by atoms with Gasteiger partial charge in [0.25, 0.3) is 0 Å². The van der Waals surface area contributed by atoms with Crippen LogP contribution in [0.4, 0.5) is 4.79 Å². The van der Waals surface area contributed by atoms with Crippen molar-refractivity contribution in [2.45, 2.75) is 32.9 Å². The van der Waals surface area contributed by atoms with Crippen molar-refractivity contribution in [2.24, 2.45) is 0 Å². The lowest BCUT2D eigenvalue weighted by molar-refractivity contribution is 0.0522. The van der Waals surface area contributed by atoms with Gasteiger partial charge in [-0.25, -0.2) is 9.59 Å². The average Bonchev–Trinajstić information content (AvgIpc) is 2.34. The number of amides is 1. The molecule has 0 fully saturated rings. The Balaban J connectivity index is 2.81. The lowest BCUT2D eigenvalue weighted by Crippen LogP contribution is -2.32. The molecule has 5 nitrogen and oxygen atoms in total. The second-order valence-electron chi connectivity index (χ2n) is 5.27. The smallest absolute Gasteiger partial charge is 0.407 e. The zero-order valence-corrected chi connectivity index (χ0v) is 15.2. The number of nitrogens with one attached hydrogen (secondary N) is 1. The molecule has 0 aliphatic rings. The molecule has 0 aliphatic carbocycles. The number of carbonyl (C=O) groups excluding carboxylic acids is 2. The normalized spacial score (nSPS) is 11.0. The predicted octanol–water partition coefficient (Wildman–Crippen LogP) is 3.76. The summed E-state index contributed by atoms with van der Waals surface area (Å²) >= 11 is 8.20. The topological polar surface area (TPSA) is 64.6 Å². The van der Waals surface area contributed by atoms with Crippen molar-refractivity contribution >= 4 is 46.3 Å². The molecule has 1 N–H and O–H groups in total. The van der Waals surface area contributed by atoms with Gasteiger partial charge in [-0.1, -0.05) is 11.6 Å². The molecule has 0 aromatic heterocycles. The van der Waals surface area contributed by atoms with E-state index in [4.69, 9.17) is 16.3 Å². The molecule has 0 heterocycles. The van der Waals surface area contributed by atoms with Crippen LogP contribution in [0, 0.1) is 3.57 Å². The molecule has 0 aliphatic heterocycles. The zero-order chi connectivity index (χ0) is 16.2. The summed E-state index contributed by atoms with van der Waals surface area (Å²) in [5.74, 6) is -0.457. The summed E-state index contributed by atoms with van der Waals surface area (Å²) < 4.78 is 10.6. The Morgan fingerprint density at radius 3 is 2.43 bits per heavy atom. The van der Waals surface area contributed by atoms with E-state index in [1.54, 1.807) is 26.8 Å². The van der Waals surface area contributed by atoms with E-state index in [1.165, 1.54) is 13.2 Å². The van der Waals surface area contributed by atoms with Crippen LogP contribution in [0.1, 0.15) is 36.7 Å². The van der Waals surface area contributed by atoms with Gasteiger partial charge in [-0.3, -0.25) is 0 Å². The first-order chi connectivity index (χ1) is 9.64. The molecule has 1 rings (SSSR count). The highest BCUT2D eigenvalue weighted by Gasteiger charge is 2.17. The Morgan fingerprint density at radius 2 is 1.95 bits per heavy atom. The van der Waals surface area contributed by atoms with Gasteiger partial charge >= 0.3 is 12.1 Å². The maximum Gasteiger partial charge on any atom is 0.407 e. The summed E-state index contributed by atoms with van der Waals surface area (Å²) in [5.41, 5.74) is 0.527. The number of ether oxygens (including phenoxy) is 2. The van der Waals surface area contributed by atoms with E-state index in [0.717, 1.165) is 9.13 Å². The van der Waals surface area contributed by atoms with Crippen LogP contribution < -0.4 is 5.32 Å². The number of hydrogen-bond acceptors (Lipinski definition) is 4. The van der Waals surface area contributed by atoms with E-state index in [9.17, 15) is 9.59 Å². The molecule has 0 spiro atoms. The Bertz CT molecular complexity index is 531. The van der Waals surface area contributed by atoms with Gasteiger partial charge in [0.2, 0.25) is 0 Å². The fourth-order valence-corrected chi connectivity index (χ4v) is 2.74. The SMILES string of the molecule is COC(=O)c1cc(Cl)c(CNC(=O)OC(C)(C)C)c(I)c1. The van der Waals surface area contributed by atoms with E-state index < -0.39 is 17.7 Å². The summed E-state index contributed by atoms with van der Waals surface area (Å²) in [4.78, 5) is 23.1. The van der Waals surface area contributed by atoms with E-state index in [-0.39, 0.29) is 6.54 Å². The molecule has 1 aromatic carbocycles. The van der Waals surface area contributed by atoms with Gasteiger partial charge in [0.05, 0.1) is 12.7 Å². The second-order valence-corrected chi connectivity index (χ2v) is 6.83. The maximum atomic E-state index is 11.6. The highest BCUT2D eigenvalue weighted by molar-refractivity contribution is 14.1. The fraction of sp³-hybridized carbons (Fsp3) is 0.429. The summed E-state index contributed by atoms with van der Waals surface area (Å²) in [7, 11) is 1.31. The highest BCUT2D eigenvalue weighted by atomic mass is 127. The van der Waals surface area contributed by atoms with E-state index in [1.807, 2.05) is 0 Å². The molecule has 0 unspecified atom stereocenters. The lowest BCUT2D eigenvalue weighted by atomic mass is 10.1. The van der Waals surface area contributed by atoms with Gasteiger partial charge in [-0.2, -0.15) is 0 Å². The lowest BCUT2D eigenvalue weighted by Gasteiger charge is -2.20. The first-order valence-corrected chi connectivity index (χ1v) is 7.63. The number of halogens is 2. The van der Waals surface area contributed by atoms with Crippen molar-refractivity contribution in [3.05, 3.63) is 31.9 Å². The number of rotatable bonds is 3. The Morgan fingerprint density at radius 1 is 1.33 bits per heavy atom. The van der Waals surface area contributed by atoms with Crippen molar-refractivity contribution in [1.29, 1.82) is 0 Å². The first kappa shape index (κ1) is 18.0. The third kappa shape index (κ3) is 5.70. The second kappa shape index (κ2) is 7.31. The van der Waals surface area contributed by atoms with Crippen LogP contribution in [-0.2, 0) is 16.0 Å². The first-order valence-electron chi connectivity index (χ1n) is 6.17. The summed E-state index contributed by atoms with van der Waals surface area (Å²) in [5, 5.41) is 3.02. The minimum absolute atomic E-state index is 0.216. The molecule has 1 aromatic rings. The minimum Gasteiger partial charge on any atom is -0.465 e. The molecule has 0 bridgehead atoms. The molecular weight excluding hydrogens is 409 g/mol. The number of alkyl carbamates (subject to hydrolysis) is 1. The van der Waals surface area contributed by atoms with Gasteiger partial charge in [-0.15, -0.1) is 0 Å². The molecule has 0 saturated carbocycles. The summed E-state index contributed by atoms with van der Waals surface area (Å²) in [6.45, 7) is 5.57. The highest BCUT2D eigenvalue weighted by Crippen LogP contribution is 2.24. The number of carbonyl (C=O) groups is 2. The molecule has 7 heteroatoms. The summed E-state index contributed by atoms with van der Waals surface area (Å²) in [6, 6.07) is 3.17. The molecule has 21 heavy (non-hydrogen) atoms.